The van der Waals surface area contributed by atoms with Crippen molar-refractivity contribution in [3.63, 3.8) is 0 Å². The van der Waals surface area contributed by atoms with Crippen LogP contribution >= 0.6 is 0 Å². The van der Waals surface area contributed by atoms with Crippen LogP contribution in [0.2, 0.25) is 0 Å². The lowest BCUT2D eigenvalue weighted by Gasteiger charge is -2.31. The van der Waals surface area contributed by atoms with Crippen molar-refractivity contribution in [1.29, 1.82) is 0 Å². The summed E-state index contributed by atoms with van der Waals surface area (Å²) in [6.07, 6.45) is 3.20. The Labute approximate surface area is 66.1 Å². The molecular weight excluding hydrogens is 143 g/mol. The minimum atomic E-state index is -1.03. The van der Waals surface area contributed by atoms with E-state index in [0.717, 1.165) is 0 Å². The molecule has 0 radical (unpaired) electrons. The molecule has 60 valence electrons. The van der Waals surface area contributed by atoms with E-state index < -0.39 is 5.72 Å². The highest BCUT2D eigenvalue weighted by atomic mass is 16.3. The maximum atomic E-state index is 9.51. The first-order chi connectivity index (χ1) is 5.06. The highest BCUT2D eigenvalue weighted by molar-refractivity contribution is 6.72. The summed E-state index contributed by atoms with van der Waals surface area (Å²) < 4.78 is 0. The molecule has 1 aliphatic heterocycles. The molecule has 5 heteroatoms. The van der Waals surface area contributed by atoms with Crippen molar-refractivity contribution in [2.24, 2.45) is 5.10 Å². The van der Waals surface area contributed by atoms with Gasteiger partial charge in [-0.25, -0.2) is 0 Å². The van der Waals surface area contributed by atoms with Gasteiger partial charge in [-0.1, -0.05) is 0 Å². The first-order valence-corrected chi connectivity index (χ1v) is 3.40. The Kier molecular flexibility index (Phi) is 2.02. The molecule has 4 nitrogen and oxygen atoms in total. The normalized spacial score (nSPS) is 30.2. The average Bonchev–Trinajstić information content (AvgIpc) is 1.95. The van der Waals surface area contributed by atoms with Crippen LogP contribution in [0, 0.1) is 0 Å². The highest BCUT2D eigenvalue weighted by Gasteiger charge is 2.24. The van der Waals surface area contributed by atoms with Crippen LogP contribution in [-0.2, 0) is 0 Å². The van der Waals surface area contributed by atoms with Gasteiger partial charge in [-0.3, -0.25) is 5.01 Å². The molecule has 0 aromatic heterocycles. The van der Waals surface area contributed by atoms with Gasteiger partial charge in [0.05, 0.1) is 5.61 Å². The lowest BCUT2D eigenvalue weighted by molar-refractivity contribution is -0.0368. The molecule has 0 bridgehead atoms. The van der Waals surface area contributed by atoms with Gasteiger partial charge in [0.15, 0.2) is 5.72 Å². The van der Waals surface area contributed by atoms with Crippen LogP contribution in [0.4, 0.5) is 0 Å². The zero-order chi connectivity index (χ0) is 8.48. The van der Waals surface area contributed by atoms with E-state index in [-0.39, 0.29) is 7.48 Å². The van der Waals surface area contributed by atoms with Crippen molar-refractivity contribution in [2.45, 2.75) is 12.6 Å². The van der Waals surface area contributed by atoms with Gasteiger partial charge in [-0.15, -0.1) is 0 Å². The molecule has 1 unspecified atom stereocenters. The van der Waals surface area contributed by atoms with Crippen molar-refractivity contribution in [1.82, 2.24) is 5.01 Å². The first kappa shape index (κ1) is 8.29. The minimum Gasteiger partial charge on any atom is -0.448 e. The summed E-state index contributed by atoms with van der Waals surface area (Å²) in [6.45, 7) is 1.63. The van der Waals surface area contributed by atoms with Crippen LogP contribution in [0.3, 0.4) is 0 Å². The van der Waals surface area contributed by atoms with Gasteiger partial charge in [0.1, 0.15) is 0 Å². The number of hydrogen-bond acceptors (Lipinski definition) is 4. The quantitative estimate of drug-likeness (QED) is 0.469. The van der Waals surface area contributed by atoms with Gasteiger partial charge < -0.3 is 10.1 Å². The maximum Gasteiger partial charge on any atom is 0.327 e. The number of rotatable bonds is 1. The summed E-state index contributed by atoms with van der Waals surface area (Å²) in [4.78, 5) is 0. The van der Waals surface area contributed by atoms with Crippen LogP contribution in [0.1, 0.15) is 6.92 Å². The second-order valence-electron chi connectivity index (χ2n) is 2.70. The predicted octanol–water partition coefficient (Wildman–Crippen LogP) is -1.15. The van der Waals surface area contributed by atoms with Crippen molar-refractivity contribution in [3.05, 3.63) is 12.2 Å². The molecule has 0 aliphatic carbocycles. The van der Waals surface area contributed by atoms with Crippen molar-refractivity contribution in [2.75, 3.05) is 7.05 Å². The fourth-order valence-electron chi connectivity index (χ4n) is 0.773. The monoisotopic (exact) mass is 154 g/mol. The molecule has 2 N–H and O–H groups in total. The number of aliphatic hydroxyl groups is 1. The Morgan fingerprint density at radius 3 is 2.82 bits per heavy atom. The van der Waals surface area contributed by atoms with Gasteiger partial charge in [0.2, 0.25) is 0 Å². The topological polar surface area (TPSA) is 56.1 Å². The second-order valence-corrected chi connectivity index (χ2v) is 2.70. The summed E-state index contributed by atoms with van der Waals surface area (Å²) in [6, 6.07) is 0. The van der Waals surface area contributed by atoms with E-state index in [2.05, 4.69) is 5.10 Å². The fraction of sp³-hybridized carbons (Fsp3) is 0.500. The van der Waals surface area contributed by atoms with Crippen molar-refractivity contribution >= 4 is 13.1 Å². The van der Waals surface area contributed by atoms with Gasteiger partial charge in [0, 0.05) is 7.05 Å². The summed E-state index contributed by atoms with van der Waals surface area (Å²) >= 11 is 0. The van der Waals surface area contributed by atoms with E-state index in [9.17, 15) is 5.11 Å². The number of likely N-dealkylation sites (N-methyl/N-ethyl adjacent to an activating group) is 1. The summed E-state index contributed by atoms with van der Waals surface area (Å²) in [5, 5.41) is 23.5. The Balaban J connectivity index is 2.80. The lowest BCUT2D eigenvalue weighted by atomic mass is 9.91. The van der Waals surface area contributed by atoms with Gasteiger partial charge in [0.25, 0.3) is 0 Å². The number of hydrogen-bond donors (Lipinski definition) is 2. The van der Waals surface area contributed by atoms with Crippen LogP contribution < -0.4 is 0 Å². The largest absolute Gasteiger partial charge is 0.448 e. The third-order valence-electron chi connectivity index (χ3n) is 1.69. The molecule has 0 spiro atoms. The van der Waals surface area contributed by atoms with Gasteiger partial charge in [-0.2, -0.15) is 5.10 Å². The summed E-state index contributed by atoms with van der Waals surface area (Å²) in [5.74, 6) is 0. The Hall–Kier alpha value is -0.805. The minimum absolute atomic E-state index is 0.100. The molecule has 0 amide bonds. The standard InChI is InChI=1S/C6H11BN2O2/c1-6(10)4-3-5(7-11)8-9(6)2/h3-4,7,10-11H,1-2H3. The van der Waals surface area contributed by atoms with Gasteiger partial charge >= 0.3 is 7.48 Å². The lowest BCUT2D eigenvalue weighted by Crippen LogP contribution is -2.41. The zero-order valence-corrected chi connectivity index (χ0v) is 6.65. The Morgan fingerprint density at radius 1 is 1.73 bits per heavy atom. The van der Waals surface area contributed by atoms with Crippen LogP contribution in [0.15, 0.2) is 17.3 Å². The van der Waals surface area contributed by atoms with Crippen LogP contribution in [0.25, 0.3) is 0 Å². The van der Waals surface area contributed by atoms with E-state index in [4.69, 9.17) is 5.02 Å². The summed E-state index contributed by atoms with van der Waals surface area (Å²) in [5.41, 5.74) is -0.474. The molecule has 0 saturated carbocycles. The SMILES string of the molecule is CN1N=C(BO)C=CC1(C)O. The second kappa shape index (κ2) is 2.67. The fourth-order valence-corrected chi connectivity index (χ4v) is 0.773. The molecule has 0 aromatic rings. The molecule has 0 aromatic carbocycles. The Morgan fingerprint density at radius 2 is 2.36 bits per heavy atom. The number of hydrazone groups is 1. The first-order valence-electron chi connectivity index (χ1n) is 3.40. The van der Waals surface area contributed by atoms with E-state index in [1.807, 2.05) is 0 Å². The van der Waals surface area contributed by atoms with Crippen LogP contribution in [-0.4, -0.2) is 41.0 Å². The molecule has 1 rings (SSSR count). The third kappa shape index (κ3) is 1.61. The predicted molar refractivity (Wildman–Crippen MR) is 44.3 cm³/mol. The van der Waals surface area contributed by atoms with Crippen LogP contribution in [0.5, 0.6) is 0 Å². The number of allylic oxidation sites excluding steroid dienone is 1. The molecule has 0 saturated heterocycles. The molecular formula is C6H11BN2O2. The zero-order valence-electron chi connectivity index (χ0n) is 6.65. The van der Waals surface area contributed by atoms with Crippen molar-refractivity contribution < 1.29 is 10.1 Å². The van der Waals surface area contributed by atoms with Crippen molar-refractivity contribution in [3.8, 4) is 0 Å². The molecule has 1 aliphatic rings. The maximum absolute atomic E-state index is 9.51. The number of nitrogens with zero attached hydrogens (tertiary/aromatic N) is 2. The molecule has 1 atom stereocenters. The van der Waals surface area contributed by atoms with Gasteiger partial charge in [-0.05, 0) is 19.1 Å². The van der Waals surface area contributed by atoms with E-state index >= 15 is 0 Å². The van der Waals surface area contributed by atoms with E-state index in [1.165, 1.54) is 5.01 Å². The molecule has 0 fully saturated rings. The Bertz CT molecular complexity index is 213. The van der Waals surface area contributed by atoms with E-state index in [1.54, 1.807) is 26.1 Å². The summed E-state index contributed by atoms with van der Waals surface area (Å²) in [7, 11) is 1.55. The smallest absolute Gasteiger partial charge is 0.327 e. The average molecular weight is 154 g/mol. The third-order valence-corrected chi connectivity index (χ3v) is 1.69. The highest BCUT2D eigenvalue weighted by Crippen LogP contribution is 2.14. The molecule has 11 heavy (non-hydrogen) atoms. The molecule has 1 heterocycles. The van der Waals surface area contributed by atoms with E-state index in [0.29, 0.717) is 5.61 Å².